The summed E-state index contributed by atoms with van der Waals surface area (Å²) in [6, 6.07) is 7.58. The minimum atomic E-state index is -0.657. The Kier molecular flexibility index (Phi) is 5.72. The van der Waals surface area contributed by atoms with Crippen LogP contribution in [0.5, 0.6) is 0 Å². The fraction of sp³-hybridized carbons (Fsp3) is 0.250. The number of halogens is 2. The van der Waals surface area contributed by atoms with Crippen molar-refractivity contribution in [3.8, 4) is 0 Å². The van der Waals surface area contributed by atoms with Crippen LogP contribution in [0.15, 0.2) is 36.5 Å². The first-order valence-corrected chi connectivity index (χ1v) is 7.45. The summed E-state index contributed by atoms with van der Waals surface area (Å²) in [4.78, 5) is 16.3. The number of benzene rings is 1. The van der Waals surface area contributed by atoms with Gasteiger partial charge in [0.1, 0.15) is 11.6 Å². The lowest BCUT2D eigenvalue weighted by Gasteiger charge is -2.09. The van der Waals surface area contributed by atoms with Crippen molar-refractivity contribution in [1.29, 1.82) is 0 Å². The molecule has 1 aromatic heterocycles. The van der Waals surface area contributed by atoms with Gasteiger partial charge < -0.3 is 10.6 Å². The Morgan fingerprint density at radius 2 is 2.14 bits per heavy atom. The lowest BCUT2D eigenvalue weighted by Crippen LogP contribution is -2.14. The molecule has 1 heterocycles. The van der Waals surface area contributed by atoms with Gasteiger partial charge in [0, 0.05) is 6.54 Å². The molecule has 1 amide bonds. The van der Waals surface area contributed by atoms with Crippen molar-refractivity contribution in [2.24, 2.45) is 0 Å². The van der Waals surface area contributed by atoms with Gasteiger partial charge in [-0.15, -0.1) is 0 Å². The molecule has 116 valence electrons. The molecule has 2 N–H and O–H groups in total. The third-order valence-electron chi connectivity index (χ3n) is 3.05. The van der Waals surface area contributed by atoms with E-state index in [4.69, 9.17) is 11.6 Å². The van der Waals surface area contributed by atoms with Crippen molar-refractivity contribution in [1.82, 2.24) is 4.98 Å². The second-order valence-electron chi connectivity index (χ2n) is 4.76. The highest BCUT2D eigenvalue weighted by molar-refractivity contribution is 6.34. The quantitative estimate of drug-likeness (QED) is 0.778. The van der Waals surface area contributed by atoms with Crippen LogP contribution in [-0.2, 0) is 0 Å². The predicted octanol–water partition coefficient (Wildman–Crippen LogP) is 4.34. The van der Waals surface area contributed by atoms with E-state index in [1.807, 2.05) is 0 Å². The molecule has 0 radical (unpaired) electrons. The van der Waals surface area contributed by atoms with Crippen LogP contribution in [0.1, 0.15) is 30.1 Å². The van der Waals surface area contributed by atoms with Crippen LogP contribution in [-0.4, -0.2) is 17.4 Å². The fourth-order valence-electron chi connectivity index (χ4n) is 1.87. The van der Waals surface area contributed by atoms with Crippen LogP contribution >= 0.6 is 11.6 Å². The van der Waals surface area contributed by atoms with Crippen molar-refractivity contribution in [2.45, 2.75) is 19.8 Å². The molecule has 2 rings (SSSR count). The Hall–Kier alpha value is -2.14. The van der Waals surface area contributed by atoms with E-state index in [9.17, 15) is 9.18 Å². The minimum Gasteiger partial charge on any atom is -0.370 e. The average molecular weight is 322 g/mol. The minimum absolute atomic E-state index is 0.0725. The molecule has 1 aromatic carbocycles. The molecular formula is C16H17ClFN3O. The summed E-state index contributed by atoms with van der Waals surface area (Å²) in [5.41, 5.74) is 0.305. The Morgan fingerprint density at radius 1 is 1.32 bits per heavy atom. The van der Waals surface area contributed by atoms with Crippen molar-refractivity contribution >= 4 is 29.0 Å². The zero-order chi connectivity index (χ0) is 15.9. The van der Waals surface area contributed by atoms with Gasteiger partial charge in [0.15, 0.2) is 0 Å². The van der Waals surface area contributed by atoms with Gasteiger partial charge in [-0.25, -0.2) is 9.37 Å². The lowest BCUT2D eigenvalue weighted by molar-refractivity contribution is 0.102. The van der Waals surface area contributed by atoms with E-state index in [2.05, 4.69) is 22.5 Å². The number of pyridine rings is 1. The highest BCUT2D eigenvalue weighted by Gasteiger charge is 2.15. The maximum absolute atomic E-state index is 13.7. The molecule has 0 aliphatic rings. The fourth-order valence-corrected chi connectivity index (χ4v) is 2.12. The highest BCUT2D eigenvalue weighted by atomic mass is 35.5. The Balaban J connectivity index is 2.03. The Morgan fingerprint density at radius 3 is 2.77 bits per heavy atom. The second kappa shape index (κ2) is 7.75. The Labute approximate surface area is 133 Å². The van der Waals surface area contributed by atoms with Gasteiger partial charge in [-0.05, 0) is 30.7 Å². The number of rotatable bonds is 6. The summed E-state index contributed by atoms with van der Waals surface area (Å²) in [6.07, 6.45) is 3.68. The molecule has 22 heavy (non-hydrogen) atoms. The number of hydrogen-bond acceptors (Lipinski definition) is 3. The largest absolute Gasteiger partial charge is 0.370 e. The molecule has 0 saturated carbocycles. The van der Waals surface area contributed by atoms with Gasteiger partial charge in [-0.3, -0.25) is 4.79 Å². The number of aromatic nitrogens is 1. The molecule has 0 bridgehead atoms. The van der Waals surface area contributed by atoms with Crippen LogP contribution < -0.4 is 10.6 Å². The van der Waals surface area contributed by atoms with E-state index in [0.717, 1.165) is 25.2 Å². The number of amides is 1. The first-order valence-electron chi connectivity index (χ1n) is 7.07. The van der Waals surface area contributed by atoms with Gasteiger partial charge in [0.25, 0.3) is 5.91 Å². The van der Waals surface area contributed by atoms with Gasteiger partial charge in [0.2, 0.25) is 0 Å². The molecule has 0 saturated heterocycles. The average Bonchev–Trinajstić information content (AvgIpc) is 2.49. The monoisotopic (exact) mass is 321 g/mol. The molecule has 0 aliphatic carbocycles. The first kappa shape index (κ1) is 16.2. The lowest BCUT2D eigenvalue weighted by atomic mass is 10.2. The molecular weight excluding hydrogens is 305 g/mol. The third-order valence-corrected chi connectivity index (χ3v) is 3.36. The van der Waals surface area contributed by atoms with Gasteiger partial charge in [-0.1, -0.05) is 31.0 Å². The molecule has 4 nitrogen and oxygen atoms in total. The summed E-state index contributed by atoms with van der Waals surface area (Å²) in [6.45, 7) is 2.96. The van der Waals surface area contributed by atoms with Crippen molar-refractivity contribution < 1.29 is 9.18 Å². The number of nitrogens with one attached hydrogen (secondary N) is 2. The summed E-state index contributed by atoms with van der Waals surface area (Å²) in [5.74, 6) is -0.525. The Bertz CT molecular complexity index is 626. The number of carbonyl (C=O) groups excluding carboxylic acids is 1. The molecule has 0 unspecified atom stereocenters. The van der Waals surface area contributed by atoms with Crippen LogP contribution in [0, 0.1) is 5.82 Å². The van der Waals surface area contributed by atoms with Crippen molar-refractivity contribution in [3.05, 3.63) is 52.9 Å². The maximum Gasteiger partial charge on any atom is 0.260 e. The standard InChI is InChI=1S/C16H17ClFN3O/c1-2-3-9-19-14-8-7-11(10-20-14)21-16(22)15-12(17)5-4-6-13(15)18/h4-8,10H,2-3,9H2,1H3,(H,19,20)(H,21,22). The summed E-state index contributed by atoms with van der Waals surface area (Å²) < 4.78 is 13.7. The molecule has 0 atom stereocenters. The summed E-state index contributed by atoms with van der Waals surface area (Å²) in [5, 5.41) is 5.82. The summed E-state index contributed by atoms with van der Waals surface area (Å²) in [7, 11) is 0. The molecule has 0 spiro atoms. The SMILES string of the molecule is CCCCNc1ccc(NC(=O)c2c(F)cccc2Cl)cn1. The number of nitrogens with zero attached hydrogens (tertiary/aromatic N) is 1. The number of unbranched alkanes of at least 4 members (excludes halogenated alkanes) is 1. The zero-order valence-corrected chi connectivity index (χ0v) is 13.0. The smallest absolute Gasteiger partial charge is 0.260 e. The van der Waals surface area contributed by atoms with Gasteiger partial charge in [-0.2, -0.15) is 0 Å². The third kappa shape index (κ3) is 4.18. The highest BCUT2D eigenvalue weighted by Crippen LogP contribution is 2.20. The molecule has 6 heteroatoms. The van der Waals surface area contributed by atoms with Gasteiger partial charge in [0.05, 0.1) is 22.5 Å². The van der Waals surface area contributed by atoms with Crippen LogP contribution in [0.25, 0.3) is 0 Å². The van der Waals surface area contributed by atoms with E-state index in [0.29, 0.717) is 5.69 Å². The van der Waals surface area contributed by atoms with E-state index < -0.39 is 11.7 Å². The van der Waals surface area contributed by atoms with E-state index >= 15 is 0 Å². The van der Waals surface area contributed by atoms with Crippen LogP contribution in [0.4, 0.5) is 15.9 Å². The van der Waals surface area contributed by atoms with Crippen LogP contribution in [0.2, 0.25) is 5.02 Å². The first-order chi connectivity index (χ1) is 10.6. The number of carbonyl (C=O) groups is 1. The normalized spacial score (nSPS) is 10.3. The van der Waals surface area contributed by atoms with E-state index in [-0.39, 0.29) is 10.6 Å². The molecule has 2 aromatic rings. The van der Waals surface area contributed by atoms with Crippen molar-refractivity contribution in [3.63, 3.8) is 0 Å². The van der Waals surface area contributed by atoms with Crippen LogP contribution in [0.3, 0.4) is 0 Å². The maximum atomic E-state index is 13.7. The second-order valence-corrected chi connectivity index (χ2v) is 5.17. The topological polar surface area (TPSA) is 54.0 Å². The predicted molar refractivity (Wildman–Crippen MR) is 87.0 cm³/mol. The van der Waals surface area contributed by atoms with Crippen molar-refractivity contribution in [2.75, 3.05) is 17.2 Å². The summed E-state index contributed by atoms with van der Waals surface area (Å²) >= 11 is 5.86. The molecule has 0 fully saturated rings. The van der Waals surface area contributed by atoms with Gasteiger partial charge >= 0.3 is 0 Å². The van der Waals surface area contributed by atoms with E-state index in [1.165, 1.54) is 24.4 Å². The molecule has 0 aliphatic heterocycles. The number of hydrogen-bond donors (Lipinski definition) is 2. The number of anilines is 2. The zero-order valence-electron chi connectivity index (χ0n) is 12.2. The van der Waals surface area contributed by atoms with E-state index in [1.54, 1.807) is 12.1 Å².